The summed E-state index contributed by atoms with van der Waals surface area (Å²) < 4.78 is 0. The number of benzene rings is 1. The Kier molecular flexibility index (Phi) is 5.53. The lowest BCUT2D eigenvalue weighted by atomic mass is 10.0. The molecule has 1 aliphatic heterocycles. The molecular formula is C11H13Cl2N3O3. The third-order valence-electron chi connectivity index (χ3n) is 2.82. The number of nitrogens with zero attached hydrogens (tertiary/aromatic N) is 1. The molecule has 2 rings (SSSR count). The van der Waals surface area contributed by atoms with Crippen LogP contribution in [0.3, 0.4) is 0 Å². The monoisotopic (exact) mass is 305 g/mol. The molecule has 1 amide bonds. The second kappa shape index (κ2) is 6.70. The molecule has 0 radical (unpaired) electrons. The molecule has 2 N–H and O–H groups in total. The van der Waals surface area contributed by atoms with E-state index in [0.717, 1.165) is 13.1 Å². The van der Waals surface area contributed by atoms with Crippen LogP contribution >= 0.6 is 24.0 Å². The topological polar surface area (TPSA) is 84.3 Å². The lowest BCUT2D eigenvalue weighted by Crippen LogP contribution is -2.48. The maximum atomic E-state index is 11.9. The lowest BCUT2D eigenvalue weighted by Gasteiger charge is -2.27. The van der Waals surface area contributed by atoms with Gasteiger partial charge in [0.1, 0.15) is 5.56 Å². The van der Waals surface area contributed by atoms with Crippen LogP contribution < -0.4 is 10.6 Å². The minimum Gasteiger partial charge on any atom is -0.351 e. The second-order valence-corrected chi connectivity index (χ2v) is 4.59. The molecule has 0 aliphatic carbocycles. The number of carbonyl (C=O) groups excluding carboxylic acids is 1. The van der Waals surface area contributed by atoms with Crippen molar-refractivity contribution < 1.29 is 9.72 Å². The van der Waals surface area contributed by atoms with Crippen molar-refractivity contribution in [3.63, 3.8) is 0 Å². The van der Waals surface area contributed by atoms with Gasteiger partial charge in [0.05, 0.1) is 4.92 Å². The number of nitro groups is 1. The zero-order valence-corrected chi connectivity index (χ0v) is 11.5. The highest BCUT2D eigenvalue weighted by Crippen LogP contribution is 2.22. The van der Waals surface area contributed by atoms with Crippen LogP contribution in [0.25, 0.3) is 0 Å². The SMILES string of the molecule is Cl.O=C(NCC1CNC1)c1cc(Cl)ccc1[N+](=O)[O-]. The molecule has 0 atom stereocenters. The van der Waals surface area contributed by atoms with Crippen molar-refractivity contribution in [3.8, 4) is 0 Å². The molecule has 0 spiro atoms. The van der Waals surface area contributed by atoms with E-state index < -0.39 is 10.8 Å². The van der Waals surface area contributed by atoms with Gasteiger partial charge in [0.2, 0.25) is 0 Å². The highest BCUT2D eigenvalue weighted by atomic mass is 35.5. The fourth-order valence-electron chi connectivity index (χ4n) is 1.67. The summed E-state index contributed by atoms with van der Waals surface area (Å²) in [5.41, 5.74) is -0.233. The third kappa shape index (κ3) is 3.79. The Hall–Kier alpha value is -1.37. The van der Waals surface area contributed by atoms with Crippen LogP contribution in [-0.2, 0) is 0 Å². The predicted molar refractivity (Wildman–Crippen MR) is 74.0 cm³/mol. The van der Waals surface area contributed by atoms with E-state index in [2.05, 4.69) is 10.6 Å². The second-order valence-electron chi connectivity index (χ2n) is 4.15. The first kappa shape index (κ1) is 15.7. The summed E-state index contributed by atoms with van der Waals surface area (Å²) in [5.74, 6) is -0.0664. The summed E-state index contributed by atoms with van der Waals surface area (Å²) in [5, 5.41) is 16.9. The largest absolute Gasteiger partial charge is 0.351 e. The van der Waals surface area contributed by atoms with Crippen molar-refractivity contribution in [2.75, 3.05) is 19.6 Å². The third-order valence-corrected chi connectivity index (χ3v) is 3.05. The van der Waals surface area contributed by atoms with Crippen molar-refractivity contribution in [1.82, 2.24) is 10.6 Å². The average molecular weight is 306 g/mol. The van der Waals surface area contributed by atoms with Crippen LogP contribution in [0.4, 0.5) is 5.69 Å². The molecule has 0 bridgehead atoms. The van der Waals surface area contributed by atoms with E-state index in [0.29, 0.717) is 17.5 Å². The maximum Gasteiger partial charge on any atom is 0.282 e. The van der Waals surface area contributed by atoms with Gasteiger partial charge in [-0.15, -0.1) is 12.4 Å². The van der Waals surface area contributed by atoms with Gasteiger partial charge in [-0.05, 0) is 12.1 Å². The highest BCUT2D eigenvalue weighted by molar-refractivity contribution is 6.31. The minimum atomic E-state index is -0.587. The molecule has 19 heavy (non-hydrogen) atoms. The number of hydrogen-bond donors (Lipinski definition) is 2. The van der Waals surface area contributed by atoms with Crippen LogP contribution in [-0.4, -0.2) is 30.5 Å². The first-order valence-electron chi connectivity index (χ1n) is 5.51. The molecular weight excluding hydrogens is 293 g/mol. The smallest absolute Gasteiger partial charge is 0.282 e. The molecule has 8 heteroatoms. The molecule has 1 aromatic rings. The van der Waals surface area contributed by atoms with Crippen molar-refractivity contribution in [2.45, 2.75) is 0 Å². The van der Waals surface area contributed by atoms with E-state index in [-0.39, 0.29) is 23.7 Å². The summed E-state index contributed by atoms with van der Waals surface area (Å²) in [4.78, 5) is 22.1. The van der Waals surface area contributed by atoms with Crippen LogP contribution in [0.5, 0.6) is 0 Å². The Morgan fingerprint density at radius 2 is 2.21 bits per heavy atom. The van der Waals surface area contributed by atoms with Gasteiger partial charge in [-0.1, -0.05) is 11.6 Å². The Balaban J connectivity index is 0.00000180. The van der Waals surface area contributed by atoms with Gasteiger partial charge >= 0.3 is 0 Å². The zero-order chi connectivity index (χ0) is 13.1. The van der Waals surface area contributed by atoms with E-state index in [1.54, 1.807) is 0 Å². The average Bonchev–Trinajstić information content (AvgIpc) is 2.26. The summed E-state index contributed by atoms with van der Waals surface area (Å²) >= 11 is 5.75. The molecule has 6 nitrogen and oxygen atoms in total. The number of rotatable bonds is 4. The summed E-state index contributed by atoms with van der Waals surface area (Å²) in [6, 6.07) is 3.95. The molecule has 0 aromatic heterocycles. The molecule has 104 valence electrons. The Labute approximate surface area is 121 Å². The summed E-state index contributed by atoms with van der Waals surface area (Å²) in [7, 11) is 0. The number of carbonyl (C=O) groups is 1. The van der Waals surface area contributed by atoms with Crippen molar-refractivity contribution in [2.24, 2.45) is 5.92 Å². The van der Waals surface area contributed by atoms with E-state index in [4.69, 9.17) is 11.6 Å². The van der Waals surface area contributed by atoms with E-state index in [9.17, 15) is 14.9 Å². The Morgan fingerprint density at radius 1 is 1.53 bits per heavy atom. The molecule has 1 aliphatic rings. The lowest BCUT2D eigenvalue weighted by molar-refractivity contribution is -0.385. The van der Waals surface area contributed by atoms with E-state index in [1.165, 1.54) is 18.2 Å². The molecule has 1 fully saturated rings. The maximum absolute atomic E-state index is 11.9. The van der Waals surface area contributed by atoms with Crippen LogP contribution in [0.15, 0.2) is 18.2 Å². The summed E-state index contributed by atoms with van der Waals surface area (Å²) in [6.07, 6.45) is 0. The van der Waals surface area contributed by atoms with E-state index in [1.807, 2.05) is 0 Å². The molecule has 0 unspecified atom stereocenters. The zero-order valence-electron chi connectivity index (χ0n) is 9.89. The van der Waals surface area contributed by atoms with Gasteiger partial charge in [0, 0.05) is 36.6 Å². The fraction of sp³-hybridized carbons (Fsp3) is 0.364. The standard InChI is InChI=1S/C11H12ClN3O3.ClH/c12-8-1-2-10(15(17)18)9(3-8)11(16)14-6-7-4-13-5-7;/h1-3,7,13H,4-6H2,(H,14,16);1H. The Morgan fingerprint density at radius 3 is 2.74 bits per heavy atom. The van der Waals surface area contributed by atoms with Gasteiger partial charge in [-0.2, -0.15) is 0 Å². The molecule has 1 heterocycles. The first-order valence-corrected chi connectivity index (χ1v) is 5.88. The molecule has 1 aromatic carbocycles. The number of amides is 1. The minimum absolute atomic E-state index is 0. The van der Waals surface area contributed by atoms with Gasteiger partial charge < -0.3 is 10.6 Å². The van der Waals surface area contributed by atoms with Crippen LogP contribution in [0.2, 0.25) is 5.02 Å². The molecule has 1 saturated heterocycles. The van der Waals surface area contributed by atoms with Crippen LogP contribution in [0.1, 0.15) is 10.4 Å². The van der Waals surface area contributed by atoms with E-state index >= 15 is 0 Å². The predicted octanol–water partition coefficient (Wildman–Crippen LogP) is 1.62. The van der Waals surface area contributed by atoms with Gasteiger partial charge in [-0.3, -0.25) is 14.9 Å². The summed E-state index contributed by atoms with van der Waals surface area (Å²) in [6.45, 7) is 2.23. The van der Waals surface area contributed by atoms with Gasteiger partial charge in [-0.25, -0.2) is 0 Å². The fourth-order valence-corrected chi connectivity index (χ4v) is 1.85. The van der Waals surface area contributed by atoms with Crippen molar-refractivity contribution >= 4 is 35.6 Å². The highest BCUT2D eigenvalue weighted by Gasteiger charge is 2.22. The van der Waals surface area contributed by atoms with Crippen LogP contribution in [0, 0.1) is 16.0 Å². The van der Waals surface area contributed by atoms with Crippen molar-refractivity contribution in [1.29, 1.82) is 0 Å². The number of hydrogen-bond acceptors (Lipinski definition) is 4. The quantitative estimate of drug-likeness (QED) is 0.654. The number of nitrogens with one attached hydrogen (secondary N) is 2. The number of halogens is 2. The van der Waals surface area contributed by atoms with Gasteiger partial charge in [0.15, 0.2) is 0 Å². The molecule has 0 saturated carbocycles. The number of nitro benzene ring substituents is 1. The first-order chi connectivity index (χ1) is 8.58. The normalized spacial score (nSPS) is 14.2. The van der Waals surface area contributed by atoms with Gasteiger partial charge in [0.25, 0.3) is 11.6 Å². The van der Waals surface area contributed by atoms with Crippen molar-refractivity contribution in [3.05, 3.63) is 38.9 Å². The Bertz CT molecular complexity index is 492.